The minimum atomic E-state index is 0.0574. The Kier molecular flexibility index (Phi) is 5.87. The summed E-state index contributed by atoms with van der Waals surface area (Å²) in [7, 11) is 0. The molecule has 0 radical (unpaired) electrons. The number of aromatic nitrogens is 1. The number of amides is 1. The first kappa shape index (κ1) is 19.9. The van der Waals surface area contributed by atoms with Gasteiger partial charge in [0.15, 0.2) is 11.5 Å². The molecule has 0 fully saturated rings. The van der Waals surface area contributed by atoms with Crippen molar-refractivity contribution in [1.29, 1.82) is 0 Å². The Labute approximate surface area is 178 Å². The van der Waals surface area contributed by atoms with Crippen LogP contribution in [0.15, 0.2) is 29.8 Å². The van der Waals surface area contributed by atoms with E-state index in [1.54, 1.807) is 29.6 Å². The van der Waals surface area contributed by atoms with Crippen LogP contribution in [0.5, 0.6) is 11.5 Å². The second kappa shape index (κ2) is 8.55. The lowest BCUT2D eigenvalue weighted by atomic mass is 10.1. The molecule has 152 valence electrons. The summed E-state index contributed by atoms with van der Waals surface area (Å²) in [5.74, 6) is 1.56. The Morgan fingerprint density at radius 2 is 2.17 bits per heavy atom. The van der Waals surface area contributed by atoms with Crippen molar-refractivity contribution in [2.75, 3.05) is 19.8 Å². The molecule has 7 heteroatoms. The molecular weight excluding hydrogens is 404 g/mol. The van der Waals surface area contributed by atoms with Crippen LogP contribution in [0.1, 0.15) is 27.9 Å². The highest BCUT2D eigenvalue weighted by atomic mass is 32.1. The average molecular weight is 429 g/mol. The lowest BCUT2D eigenvalue weighted by molar-refractivity contribution is -0.129. The van der Waals surface area contributed by atoms with Crippen molar-refractivity contribution in [2.24, 2.45) is 0 Å². The van der Waals surface area contributed by atoms with Gasteiger partial charge in [0.2, 0.25) is 5.91 Å². The molecule has 2 aromatic heterocycles. The summed E-state index contributed by atoms with van der Waals surface area (Å²) in [6.07, 6.45) is 0.813. The largest absolute Gasteiger partial charge is 0.489 e. The molecule has 0 atom stereocenters. The van der Waals surface area contributed by atoms with Crippen LogP contribution < -0.4 is 9.47 Å². The van der Waals surface area contributed by atoms with Crippen LogP contribution in [0, 0.1) is 13.8 Å². The average Bonchev–Trinajstić information content (AvgIpc) is 3.23. The van der Waals surface area contributed by atoms with Crippen LogP contribution in [0.2, 0.25) is 0 Å². The Morgan fingerprint density at radius 3 is 2.86 bits per heavy atom. The first-order valence-electron chi connectivity index (χ1n) is 9.65. The molecule has 5 nitrogen and oxygen atoms in total. The van der Waals surface area contributed by atoms with Crippen LogP contribution in [0.3, 0.4) is 0 Å². The number of rotatable bonds is 5. The van der Waals surface area contributed by atoms with E-state index in [1.165, 1.54) is 14.6 Å². The first-order valence-corrected chi connectivity index (χ1v) is 11.3. The smallest absolute Gasteiger partial charge is 0.219 e. The van der Waals surface area contributed by atoms with E-state index in [4.69, 9.17) is 9.47 Å². The van der Waals surface area contributed by atoms with Crippen LogP contribution >= 0.6 is 22.7 Å². The van der Waals surface area contributed by atoms with Crippen molar-refractivity contribution in [3.63, 3.8) is 0 Å². The first-order chi connectivity index (χ1) is 14.0. The van der Waals surface area contributed by atoms with Crippen molar-refractivity contribution in [1.82, 2.24) is 9.88 Å². The zero-order chi connectivity index (χ0) is 20.4. The van der Waals surface area contributed by atoms with Crippen molar-refractivity contribution in [3.05, 3.63) is 50.8 Å². The molecule has 0 saturated heterocycles. The summed E-state index contributed by atoms with van der Waals surface area (Å²) < 4.78 is 12.3. The highest BCUT2D eigenvalue weighted by Gasteiger charge is 2.22. The van der Waals surface area contributed by atoms with E-state index in [2.05, 4.69) is 36.2 Å². The summed E-state index contributed by atoms with van der Waals surface area (Å²) >= 11 is 3.41. The molecule has 29 heavy (non-hydrogen) atoms. The van der Waals surface area contributed by atoms with Crippen molar-refractivity contribution < 1.29 is 14.3 Å². The third-order valence-corrected chi connectivity index (χ3v) is 7.05. The van der Waals surface area contributed by atoms with E-state index in [0.717, 1.165) is 34.7 Å². The van der Waals surface area contributed by atoms with E-state index < -0.39 is 0 Å². The second-order valence-electron chi connectivity index (χ2n) is 7.12. The number of thiazole rings is 1. The van der Waals surface area contributed by atoms with Crippen LogP contribution in [0.25, 0.3) is 10.4 Å². The molecule has 3 heterocycles. The van der Waals surface area contributed by atoms with Gasteiger partial charge in [-0.3, -0.25) is 4.79 Å². The van der Waals surface area contributed by atoms with E-state index in [9.17, 15) is 4.79 Å². The van der Waals surface area contributed by atoms with Crippen molar-refractivity contribution >= 4 is 28.6 Å². The predicted molar refractivity (Wildman–Crippen MR) is 117 cm³/mol. The Balaban J connectivity index is 1.65. The maximum absolute atomic E-state index is 12.0. The fourth-order valence-electron chi connectivity index (χ4n) is 3.41. The zero-order valence-electron chi connectivity index (χ0n) is 16.9. The molecule has 3 aromatic rings. The van der Waals surface area contributed by atoms with Gasteiger partial charge in [-0.1, -0.05) is 0 Å². The summed E-state index contributed by atoms with van der Waals surface area (Å²) in [5.41, 5.74) is 5.02. The number of hydrogen-bond donors (Lipinski definition) is 0. The Hall–Kier alpha value is -2.38. The van der Waals surface area contributed by atoms with E-state index >= 15 is 0 Å². The molecule has 1 aliphatic rings. The number of aryl methyl sites for hydroxylation is 2. The number of fused-ring (bicyclic) bond motifs is 1. The number of hydrogen-bond acceptors (Lipinski definition) is 6. The fraction of sp³-hybridized carbons (Fsp3) is 0.364. The van der Waals surface area contributed by atoms with Gasteiger partial charge < -0.3 is 14.4 Å². The van der Waals surface area contributed by atoms with Crippen LogP contribution in [0.4, 0.5) is 0 Å². The van der Waals surface area contributed by atoms with E-state index in [0.29, 0.717) is 26.3 Å². The van der Waals surface area contributed by atoms with Gasteiger partial charge in [0.1, 0.15) is 6.61 Å². The molecule has 0 saturated carbocycles. The summed E-state index contributed by atoms with van der Waals surface area (Å²) in [6, 6.07) is 8.44. The number of carbonyl (C=O) groups is 1. The SMILES string of the molecule is CC(=O)N1CCOc2c(cc(-c3ccc(C)s3)cc2OCCc2scnc2C)C1. The second-order valence-corrected chi connectivity index (χ2v) is 9.35. The molecule has 0 N–H and O–H groups in total. The predicted octanol–water partition coefficient (Wildman–Crippen LogP) is 4.85. The summed E-state index contributed by atoms with van der Waals surface area (Å²) in [6.45, 7) is 7.87. The monoisotopic (exact) mass is 428 g/mol. The Morgan fingerprint density at radius 1 is 1.31 bits per heavy atom. The molecule has 0 bridgehead atoms. The highest BCUT2D eigenvalue weighted by Crippen LogP contribution is 2.40. The van der Waals surface area contributed by atoms with Gasteiger partial charge in [0.25, 0.3) is 0 Å². The van der Waals surface area contributed by atoms with E-state index in [-0.39, 0.29) is 5.91 Å². The van der Waals surface area contributed by atoms with Crippen LogP contribution in [-0.2, 0) is 17.8 Å². The van der Waals surface area contributed by atoms with Crippen molar-refractivity contribution in [2.45, 2.75) is 33.7 Å². The maximum Gasteiger partial charge on any atom is 0.219 e. The molecule has 1 aliphatic heterocycles. The lowest BCUT2D eigenvalue weighted by Gasteiger charge is -2.18. The van der Waals surface area contributed by atoms with Gasteiger partial charge in [-0.15, -0.1) is 22.7 Å². The normalized spacial score (nSPS) is 13.6. The number of thiophene rings is 1. The maximum atomic E-state index is 12.0. The standard InChI is InChI=1S/C22H24N2O3S2/c1-14-4-5-21(29-14)17-10-18-12-24(16(3)25)7-9-27-22(18)19(11-17)26-8-6-20-15(2)23-13-28-20/h4-5,10-11,13H,6-9,12H2,1-3H3. The lowest BCUT2D eigenvalue weighted by Crippen LogP contribution is -2.30. The Bertz CT molecular complexity index is 1020. The molecule has 4 rings (SSSR count). The number of carbonyl (C=O) groups excluding carboxylic acids is 1. The third kappa shape index (κ3) is 4.46. The molecule has 1 aromatic carbocycles. The highest BCUT2D eigenvalue weighted by molar-refractivity contribution is 7.15. The third-order valence-electron chi connectivity index (χ3n) is 5.00. The minimum absolute atomic E-state index is 0.0574. The van der Waals surface area contributed by atoms with Gasteiger partial charge in [0.05, 0.1) is 24.4 Å². The molecule has 0 spiro atoms. The summed E-state index contributed by atoms with van der Waals surface area (Å²) in [5, 5.41) is 0. The number of benzene rings is 1. The van der Waals surface area contributed by atoms with Gasteiger partial charge in [0, 0.05) is 40.1 Å². The quantitative estimate of drug-likeness (QED) is 0.583. The van der Waals surface area contributed by atoms with Gasteiger partial charge >= 0.3 is 0 Å². The molecular formula is C22H24N2O3S2. The zero-order valence-corrected chi connectivity index (χ0v) is 18.5. The van der Waals surface area contributed by atoms with E-state index in [1.807, 2.05) is 17.3 Å². The summed E-state index contributed by atoms with van der Waals surface area (Å²) in [4.78, 5) is 21.8. The fourth-order valence-corrected chi connectivity index (χ4v) is 5.03. The van der Waals surface area contributed by atoms with Crippen molar-refractivity contribution in [3.8, 4) is 21.9 Å². The molecule has 0 unspecified atom stereocenters. The molecule has 0 aliphatic carbocycles. The minimum Gasteiger partial charge on any atom is -0.489 e. The van der Waals surface area contributed by atoms with Gasteiger partial charge in [-0.05, 0) is 43.7 Å². The van der Waals surface area contributed by atoms with Gasteiger partial charge in [-0.2, -0.15) is 0 Å². The van der Waals surface area contributed by atoms with Gasteiger partial charge in [-0.25, -0.2) is 4.98 Å². The number of nitrogens with zero attached hydrogens (tertiary/aromatic N) is 2. The van der Waals surface area contributed by atoms with Crippen LogP contribution in [-0.4, -0.2) is 35.5 Å². The molecule has 1 amide bonds. The topological polar surface area (TPSA) is 51.7 Å². The number of ether oxygens (including phenoxy) is 2.